The Morgan fingerprint density at radius 2 is 2.00 bits per heavy atom. The van der Waals surface area contributed by atoms with Gasteiger partial charge in [-0.25, -0.2) is 0 Å². The van der Waals surface area contributed by atoms with E-state index in [1.807, 2.05) is 25.1 Å². The van der Waals surface area contributed by atoms with E-state index in [0.29, 0.717) is 54.1 Å². The van der Waals surface area contributed by atoms with Gasteiger partial charge in [-0.15, -0.1) is 0 Å². The molecular weight excluding hydrogens is 456 g/mol. The van der Waals surface area contributed by atoms with E-state index in [-0.39, 0.29) is 18.3 Å². The summed E-state index contributed by atoms with van der Waals surface area (Å²) >= 11 is 6.30. The Kier molecular flexibility index (Phi) is 5.25. The molecule has 8 heteroatoms. The summed E-state index contributed by atoms with van der Waals surface area (Å²) in [7, 11) is 0. The highest BCUT2D eigenvalue weighted by Gasteiger charge is 2.35. The number of aromatic nitrogens is 1. The molecule has 3 aliphatic rings. The third-order valence-electron chi connectivity index (χ3n) is 6.13. The van der Waals surface area contributed by atoms with E-state index in [0.717, 1.165) is 28.0 Å². The molecule has 1 aromatic heterocycles. The zero-order valence-electron chi connectivity index (χ0n) is 18.5. The zero-order chi connectivity index (χ0) is 23.2. The predicted molar refractivity (Wildman–Crippen MR) is 125 cm³/mol. The number of allylic oxidation sites excluding steroid dienone is 1. The van der Waals surface area contributed by atoms with Crippen molar-refractivity contribution in [2.45, 2.75) is 26.6 Å². The molecule has 7 nitrogen and oxygen atoms in total. The van der Waals surface area contributed by atoms with Crippen LogP contribution in [0.4, 0.5) is 0 Å². The van der Waals surface area contributed by atoms with Crippen LogP contribution in [0.25, 0.3) is 6.08 Å². The lowest BCUT2D eigenvalue weighted by Crippen LogP contribution is -2.31. The van der Waals surface area contributed by atoms with Crippen molar-refractivity contribution in [2.75, 3.05) is 13.5 Å². The van der Waals surface area contributed by atoms with Gasteiger partial charge in [0.15, 0.2) is 12.6 Å². The molecule has 0 atom stereocenters. The van der Waals surface area contributed by atoms with Crippen molar-refractivity contribution in [3.8, 4) is 17.2 Å². The molecule has 4 heterocycles. The second-order valence-corrected chi connectivity index (χ2v) is 8.96. The molecule has 0 fully saturated rings. The first-order valence-electron chi connectivity index (χ1n) is 10.9. The molecule has 3 aromatic rings. The number of aryl methyl sites for hydroxylation is 1. The summed E-state index contributed by atoms with van der Waals surface area (Å²) in [6.45, 7) is 4.22. The number of Topliss-reactive ketones (excluding diaryl/α,β-unsaturated/α-hetero) is 1. The minimum atomic E-state index is -0.164. The molecule has 0 bridgehead atoms. The molecule has 6 rings (SSSR count). The topological polar surface area (TPSA) is 70.1 Å². The van der Waals surface area contributed by atoms with Gasteiger partial charge in [-0.2, -0.15) is 0 Å². The van der Waals surface area contributed by atoms with Crippen molar-refractivity contribution in [1.29, 1.82) is 0 Å². The van der Waals surface area contributed by atoms with Crippen LogP contribution in [0.15, 0.2) is 48.5 Å². The maximum atomic E-state index is 13.4. The monoisotopic (exact) mass is 476 g/mol. The maximum Gasteiger partial charge on any atom is 0.232 e. The lowest BCUT2D eigenvalue weighted by atomic mass is 9.98. The maximum absolute atomic E-state index is 13.4. The number of fused-ring (bicyclic) bond motifs is 4. The average molecular weight is 477 g/mol. The van der Waals surface area contributed by atoms with Crippen LogP contribution in [0.3, 0.4) is 0 Å². The lowest BCUT2D eigenvalue weighted by Gasteiger charge is -2.30. The highest BCUT2D eigenvalue weighted by atomic mass is 35.5. The number of carbonyl (C=O) groups is 1. The molecule has 34 heavy (non-hydrogen) atoms. The molecule has 0 amide bonds. The van der Waals surface area contributed by atoms with Crippen molar-refractivity contribution < 1.29 is 23.7 Å². The first-order chi connectivity index (χ1) is 16.6. The van der Waals surface area contributed by atoms with Gasteiger partial charge in [0.25, 0.3) is 0 Å². The highest BCUT2D eigenvalue weighted by molar-refractivity contribution is 6.31. The fourth-order valence-electron chi connectivity index (χ4n) is 4.58. The van der Waals surface area contributed by atoms with Gasteiger partial charge >= 0.3 is 0 Å². The molecule has 172 valence electrons. The van der Waals surface area contributed by atoms with Crippen molar-refractivity contribution in [3.05, 3.63) is 86.9 Å². The fraction of sp³-hybridized carbons (Fsp3) is 0.231. The average Bonchev–Trinajstić information content (AvgIpc) is 3.17. The van der Waals surface area contributed by atoms with Gasteiger partial charge in [-0.3, -0.25) is 14.7 Å². The van der Waals surface area contributed by atoms with Crippen molar-refractivity contribution in [2.24, 2.45) is 0 Å². The highest BCUT2D eigenvalue weighted by Crippen LogP contribution is 2.45. The minimum Gasteiger partial charge on any atom is -0.478 e. The van der Waals surface area contributed by atoms with E-state index in [9.17, 15) is 4.79 Å². The number of ether oxygens (including phenoxy) is 4. The summed E-state index contributed by atoms with van der Waals surface area (Å²) in [6, 6.07) is 9.45. The number of hydrogen-bond donors (Lipinski definition) is 0. The Balaban J connectivity index is 1.35. The summed E-state index contributed by atoms with van der Waals surface area (Å²) in [4.78, 5) is 19.6. The first-order valence-corrected chi connectivity index (χ1v) is 11.3. The van der Waals surface area contributed by atoms with E-state index < -0.39 is 0 Å². The van der Waals surface area contributed by atoms with Crippen molar-refractivity contribution >= 4 is 23.5 Å². The van der Waals surface area contributed by atoms with Crippen LogP contribution in [0.5, 0.6) is 17.2 Å². The number of rotatable bonds is 3. The SMILES string of the molecule is Cc1cc2c(c3c1C(=O)/C(=C/c1cc(Cl)cc4c1OCOC4)O3)CN(Cc1ccncc1)CO2. The van der Waals surface area contributed by atoms with Crippen molar-refractivity contribution in [3.63, 3.8) is 0 Å². The number of hydrogen-bond acceptors (Lipinski definition) is 7. The standard InChI is InChI=1S/C26H21ClN2O5/c1-15-6-21-20(11-29(13-32-21)10-16-2-4-28-5-3-16)26-23(15)24(30)22(34-26)9-17-7-19(27)8-18-12-31-14-33-25(17)18/h2-9H,10-14H2,1H3/b22-9-. The molecule has 0 unspecified atom stereocenters. The van der Waals surface area contributed by atoms with E-state index in [2.05, 4.69) is 9.88 Å². The number of pyridine rings is 1. The van der Waals surface area contributed by atoms with Crippen LogP contribution in [-0.2, 0) is 24.4 Å². The molecule has 0 saturated carbocycles. The number of carbonyl (C=O) groups excluding carboxylic acids is 1. The largest absolute Gasteiger partial charge is 0.478 e. The molecule has 0 N–H and O–H groups in total. The molecule has 2 aromatic carbocycles. The Morgan fingerprint density at radius 1 is 1.15 bits per heavy atom. The third kappa shape index (κ3) is 3.72. The summed E-state index contributed by atoms with van der Waals surface area (Å²) in [5.74, 6) is 2.03. The van der Waals surface area contributed by atoms with Crippen molar-refractivity contribution in [1.82, 2.24) is 9.88 Å². The minimum absolute atomic E-state index is 0.150. The van der Waals surface area contributed by atoms with Crippen LogP contribution in [-0.4, -0.2) is 29.2 Å². The molecule has 0 saturated heterocycles. The van der Waals surface area contributed by atoms with Gasteiger partial charge in [0, 0.05) is 41.6 Å². The molecule has 0 aliphatic carbocycles. The lowest BCUT2D eigenvalue weighted by molar-refractivity contribution is -0.0165. The molecule has 0 radical (unpaired) electrons. The Morgan fingerprint density at radius 3 is 2.85 bits per heavy atom. The summed E-state index contributed by atoms with van der Waals surface area (Å²) in [6.07, 6.45) is 5.25. The van der Waals surface area contributed by atoms with Crippen LogP contribution >= 0.6 is 11.6 Å². The molecule has 3 aliphatic heterocycles. The Labute approximate surface area is 201 Å². The predicted octanol–water partition coefficient (Wildman–Crippen LogP) is 4.88. The number of benzene rings is 2. The van der Waals surface area contributed by atoms with Gasteiger partial charge < -0.3 is 18.9 Å². The van der Waals surface area contributed by atoms with Crippen LogP contribution in [0.1, 0.15) is 38.2 Å². The fourth-order valence-corrected chi connectivity index (χ4v) is 4.83. The Hall–Kier alpha value is -3.39. The van der Waals surface area contributed by atoms with Crippen LogP contribution < -0.4 is 14.2 Å². The van der Waals surface area contributed by atoms with E-state index in [1.54, 1.807) is 30.6 Å². The Bertz CT molecular complexity index is 1340. The van der Waals surface area contributed by atoms with Gasteiger partial charge in [0.2, 0.25) is 5.78 Å². The first kappa shape index (κ1) is 21.2. The quantitative estimate of drug-likeness (QED) is 0.499. The summed E-state index contributed by atoms with van der Waals surface area (Å²) in [5, 5.41) is 0.538. The van der Waals surface area contributed by atoms with E-state index in [4.69, 9.17) is 30.5 Å². The van der Waals surface area contributed by atoms with E-state index in [1.165, 1.54) is 0 Å². The van der Waals surface area contributed by atoms with Gasteiger partial charge in [-0.1, -0.05) is 11.6 Å². The second-order valence-electron chi connectivity index (χ2n) is 8.52. The number of halogens is 1. The smallest absolute Gasteiger partial charge is 0.232 e. The molecular formula is C26H21ClN2O5. The normalized spacial score (nSPS) is 17.9. The number of ketones is 1. The summed E-state index contributed by atoms with van der Waals surface area (Å²) in [5.41, 5.74) is 4.92. The second kappa shape index (κ2) is 8.43. The van der Waals surface area contributed by atoms with Gasteiger partial charge in [0.05, 0.1) is 17.7 Å². The zero-order valence-corrected chi connectivity index (χ0v) is 19.2. The third-order valence-corrected chi connectivity index (χ3v) is 6.35. The number of nitrogens with zero attached hydrogens (tertiary/aromatic N) is 2. The van der Waals surface area contributed by atoms with Crippen LogP contribution in [0.2, 0.25) is 5.02 Å². The van der Waals surface area contributed by atoms with Gasteiger partial charge in [-0.05, 0) is 54.5 Å². The van der Waals surface area contributed by atoms with Crippen LogP contribution in [0, 0.1) is 6.92 Å². The van der Waals surface area contributed by atoms with Gasteiger partial charge in [0.1, 0.15) is 24.0 Å². The van der Waals surface area contributed by atoms with E-state index >= 15 is 0 Å². The molecule has 0 spiro atoms. The summed E-state index contributed by atoms with van der Waals surface area (Å²) < 4.78 is 23.3.